The van der Waals surface area contributed by atoms with E-state index in [4.69, 9.17) is 4.74 Å². The Bertz CT molecular complexity index is 1290. The first kappa shape index (κ1) is 31.4. The fraction of sp³-hybridized carbons (Fsp3) is 0.500. The molecule has 2 atom stereocenters. The topological polar surface area (TPSA) is 54.8 Å². The second-order valence-corrected chi connectivity index (χ2v) is 11.6. The highest BCUT2D eigenvalue weighted by molar-refractivity contribution is 6.25. The van der Waals surface area contributed by atoms with Crippen LogP contribution in [0.3, 0.4) is 0 Å². The third kappa shape index (κ3) is 7.64. The molecule has 0 N–H and O–H groups in total. The molecule has 0 radical (unpaired) electrons. The van der Waals surface area contributed by atoms with Gasteiger partial charge in [0.2, 0.25) is 0 Å². The zero-order valence-electron chi connectivity index (χ0n) is 26.1. The summed E-state index contributed by atoms with van der Waals surface area (Å²) in [6.45, 7) is 11.2. The number of benzene rings is 2. The third-order valence-electron chi connectivity index (χ3n) is 8.63. The van der Waals surface area contributed by atoms with Crippen LogP contribution in [-0.2, 0) is 16.1 Å². The van der Waals surface area contributed by atoms with Gasteiger partial charge >= 0.3 is 0 Å². The fourth-order valence-corrected chi connectivity index (χ4v) is 5.91. The molecule has 6 nitrogen and oxygen atoms in total. The number of para-hydroxylation sites is 2. The van der Waals surface area contributed by atoms with Crippen molar-refractivity contribution in [3.8, 4) is 5.75 Å². The maximum Gasteiger partial charge on any atom is 0.278 e. The molecule has 2 heterocycles. The van der Waals surface area contributed by atoms with E-state index >= 15 is 0 Å². The maximum absolute atomic E-state index is 14.0. The van der Waals surface area contributed by atoms with Crippen LogP contribution < -0.4 is 4.74 Å². The van der Waals surface area contributed by atoms with Gasteiger partial charge in [-0.15, -0.1) is 0 Å². The Morgan fingerprint density at radius 1 is 0.762 bits per heavy atom. The van der Waals surface area contributed by atoms with E-state index < -0.39 is 0 Å². The number of hydrogen-bond donors (Lipinski definition) is 0. The summed E-state index contributed by atoms with van der Waals surface area (Å²) in [5.74, 6) is 1.28. The molecule has 1 saturated heterocycles. The molecular formula is C36H49N3O3. The van der Waals surface area contributed by atoms with Crippen molar-refractivity contribution in [2.24, 2.45) is 11.8 Å². The Kier molecular flexibility index (Phi) is 11.7. The minimum Gasteiger partial charge on any atom is -0.492 e. The van der Waals surface area contributed by atoms with Gasteiger partial charge in [0.15, 0.2) is 0 Å². The van der Waals surface area contributed by atoms with Crippen molar-refractivity contribution in [2.75, 3.05) is 19.7 Å². The molecule has 1 aliphatic heterocycles. The predicted octanol–water partition coefficient (Wildman–Crippen LogP) is 8.12. The Morgan fingerprint density at radius 3 is 1.90 bits per heavy atom. The zero-order chi connectivity index (χ0) is 29.9. The van der Waals surface area contributed by atoms with E-state index in [0.29, 0.717) is 38.1 Å². The van der Waals surface area contributed by atoms with E-state index in [9.17, 15) is 9.59 Å². The largest absolute Gasteiger partial charge is 0.492 e. The van der Waals surface area contributed by atoms with Gasteiger partial charge in [-0.25, -0.2) is 10.0 Å². The van der Waals surface area contributed by atoms with Gasteiger partial charge < -0.3 is 9.30 Å². The average molecular weight is 572 g/mol. The standard InChI is InChI=1S/C36H49N3O3/c1-5-9-16-28(7-3)25-38-35(40)33(36(41)39(38)26-29(8-4)17-10-6-2)24-30-27-37(34-21-15-14-20-32(30)34)22-23-42-31-18-12-11-13-19-31/h11-15,18-21,24,27-29H,5-10,16-17,22-23,25-26H2,1-4H3. The smallest absolute Gasteiger partial charge is 0.278 e. The first-order valence-electron chi connectivity index (χ1n) is 16.1. The van der Waals surface area contributed by atoms with Crippen molar-refractivity contribution in [2.45, 2.75) is 85.6 Å². The lowest BCUT2D eigenvalue weighted by atomic mass is 9.98. The Labute approximate surface area is 252 Å². The van der Waals surface area contributed by atoms with Crippen LogP contribution >= 0.6 is 0 Å². The number of hydrazine groups is 1. The number of carbonyl (C=O) groups excluding carboxylic acids is 2. The van der Waals surface area contributed by atoms with Crippen LogP contribution in [0.25, 0.3) is 17.0 Å². The van der Waals surface area contributed by atoms with Gasteiger partial charge in [0, 0.05) is 35.8 Å². The van der Waals surface area contributed by atoms with Crippen LogP contribution in [0.1, 0.15) is 84.6 Å². The van der Waals surface area contributed by atoms with Gasteiger partial charge in [0.05, 0.1) is 6.54 Å². The average Bonchev–Trinajstić information content (AvgIpc) is 3.47. The molecule has 2 amide bonds. The minimum atomic E-state index is -0.162. The monoisotopic (exact) mass is 571 g/mol. The number of hydrogen-bond acceptors (Lipinski definition) is 3. The first-order valence-corrected chi connectivity index (χ1v) is 16.1. The number of fused-ring (bicyclic) bond motifs is 1. The Hall–Kier alpha value is -3.54. The number of rotatable bonds is 17. The van der Waals surface area contributed by atoms with Gasteiger partial charge in [-0.1, -0.05) is 103 Å². The van der Waals surface area contributed by atoms with E-state index in [1.54, 1.807) is 10.0 Å². The highest BCUT2D eigenvalue weighted by Gasteiger charge is 2.42. The summed E-state index contributed by atoms with van der Waals surface area (Å²) in [7, 11) is 0. The van der Waals surface area contributed by atoms with Crippen molar-refractivity contribution in [1.82, 2.24) is 14.6 Å². The van der Waals surface area contributed by atoms with Gasteiger partial charge in [-0.3, -0.25) is 9.59 Å². The lowest BCUT2D eigenvalue weighted by molar-refractivity contribution is -0.149. The summed E-state index contributed by atoms with van der Waals surface area (Å²) in [6, 6.07) is 18.0. The lowest BCUT2D eigenvalue weighted by Gasteiger charge is -2.33. The summed E-state index contributed by atoms with van der Waals surface area (Å²) in [6.07, 6.45) is 12.6. The van der Waals surface area contributed by atoms with Gasteiger partial charge in [0.1, 0.15) is 17.9 Å². The van der Waals surface area contributed by atoms with Crippen molar-refractivity contribution in [3.05, 3.63) is 71.9 Å². The van der Waals surface area contributed by atoms with Crippen LogP contribution in [0.5, 0.6) is 5.75 Å². The van der Waals surface area contributed by atoms with Gasteiger partial charge in [0.25, 0.3) is 11.8 Å². The Morgan fingerprint density at radius 2 is 1.33 bits per heavy atom. The molecule has 4 rings (SSSR count). The van der Waals surface area contributed by atoms with E-state index in [1.165, 1.54) is 0 Å². The third-order valence-corrected chi connectivity index (χ3v) is 8.63. The molecule has 1 fully saturated rings. The van der Waals surface area contributed by atoms with E-state index in [-0.39, 0.29) is 17.4 Å². The van der Waals surface area contributed by atoms with E-state index in [2.05, 4.69) is 44.4 Å². The van der Waals surface area contributed by atoms with Gasteiger partial charge in [-0.2, -0.15) is 0 Å². The van der Waals surface area contributed by atoms with E-state index in [0.717, 1.165) is 73.6 Å². The van der Waals surface area contributed by atoms with Crippen LogP contribution in [-0.4, -0.2) is 46.1 Å². The van der Waals surface area contributed by atoms with Crippen LogP contribution in [0.4, 0.5) is 0 Å². The van der Waals surface area contributed by atoms with Gasteiger partial charge in [-0.05, 0) is 49.0 Å². The summed E-state index contributed by atoms with van der Waals surface area (Å²) in [5, 5.41) is 4.58. The van der Waals surface area contributed by atoms with Crippen molar-refractivity contribution < 1.29 is 14.3 Å². The molecule has 0 bridgehead atoms. The number of nitrogens with zero attached hydrogens (tertiary/aromatic N) is 3. The Balaban J connectivity index is 1.62. The molecule has 42 heavy (non-hydrogen) atoms. The fourth-order valence-electron chi connectivity index (χ4n) is 5.91. The highest BCUT2D eigenvalue weighted by atomic mass is 16.5. The summed E-state index contributed by atoms with van der Waals surface area (Å²) in [5.41, 5.74) is 2.22. The number of carbonyl (C=O) groups is 2. The molecule has 1 aliphatic rings. The normalized spacial score (nSPS) is 15.1. The predicted molar refractivity (Wildman–Crippen MR) is 172 cm³/mol. The molecule has 3 aromatic rings. The number of ether oxygens (including phenoxy) is 1. The molecule has 6 heteroatoms. The second-order valence-electron chi connectivity index (χ2n) is 11.6. The van der Waals surface area contributed by atoms with E-state index in [1.807, 2.05) is 54.7 Å². The molecule has 0 saturated carbocycles. The van der Waals surface area contributed by atoms with Crippen LogP contribution in [0.2, 0.25) is 0 Å². The van der Waals surface area contributed by atoms with Crippen LogP contribution in [0.15, 0.2) is 66.4 Å². The second kappa shape index (κ2) is 15.6. The number of amides is 2. The SMILES string of the molecule is CCCCC(CC)CN1C(=O)C(=Cc2cn(CCOc3ccccc3)c3ccccc23)C(=O)N1CC(CC)CCCC. The van der Waals surface area contributed by atoms with Crippen molar-refractivity contribution in [1.29, 1.82) is 0 Å². The highest BCUT2D eigenvalue weighted by Crippen LogP contribution is 2.30. The first-order chi connectivity index (χ1) is 20.5. The summed E-state index contributed by atoms with van der Waals surface area (Å²) >= 11 is 0. The molecule has 1 aromatic heterocycles. The quantitative estimate of drug-likeness (QED) is 0.121. The maximum atomic E-state index is 14.0. The molecule has 2 unspecified atom stereocenters. The molecular weight excluding hydrogens is 522 g/mol. The van der Waals surface area contributed by atoms with Crippen LogP contribution in [0, 0.1) is 11.8 Å². The summed E-state index contributed by atoms with van der Waals surface area (Å²) in [4.78, 5) is 28.0. The zero-order valence-corrected chi connectivity index (χ0v) is 26.1. The lowest BCUT2D eigenvalue weighted by Crippen LogP contribution is -2.45. The van der Waals surface area contributed by atoms with Crippen molar-refractivity contribution >= 4 is 28.8 Å². The van der Waals surface area contributed by atoms with Crippen molar-refractivity contribution in [3.63, 3.8) is 0 Å². The molecule has 0 spiro atoms. The molecule has 226 valence electrons. The number of unbranched alkanes of at least 4 members (excludes halogenated alkanes) is 2. The minimum absolute atomic E-state index is 0.162. The molecule has 2 aromatic carbocycles. The molecule has 0 aliphatic carbocycles. The number of aromatic nitrogens is 1. The summed E-state index contributed by atoms with van der Waals surface area (Å²) < 4.78 is 8.11.